The Hall–Kier alpha value is -3.26. The molecule has 0 aliphatic carbocycles. The van der Waals surface area contributed by atoms with Crippen LogP contribution >= 0.6 is 11.3 Å². The number of nitrogens with one attached hydrogen (secondary N) is 1. The van der Waals surface area contributed by atoms with E-state index in [1.807, 2.05) is 54.6 Å². The second-order valence-electron chi connectivity index (χ2n) is 6.43. The zero-order chi connectivity index (χ0) is 19.5. The molecule has 7 nitrogen and oxygen atoms in total. The van der Waals surface area contributed by atoms with Gasteiger partial charge >= 0.3 is 0 Å². The van der Waals surface area contributed by atoms with Crippen molar-refractivity contribution in [2.24, 2.45) is 10.8 Å². The minimum Gasteiger partial charge on any atom is -0.368 e. The minimum absolute atomic E-state index is 0.192. The summed E-state index contributed by atoms with van der Waals surface area (Å²) in [4.78, 5) is 28.9. The highest BCUT2D eigenvalue weighted by Crippen LogP contribution is 2.24. The molecule has 3 N–H and O–H groups in total. The van der Waals surface area contributed by atoms with Crippen molar-refractivity contribution >= 4 is 44.8 Å². The van der Waals surface area contributed by atoms with Crippen LogP contribution in [0.1, 0.15) is 11.4 Å². The number of rotatable bonds is 6. The van der Waals surface area contributed by atoms with Gasteiger partial charge in [-0.05, 0) is 24.3 Å². The number of hydrogen-bond donors (Lipinski definition) is 2. The molecular weight excluding hydrogens is 374 g/mol. The maximum Gasteiger partial charge on any atom is 0.267 e. The highest BCUT2D eigenvalue weighted by Gasteiger charge is 2.34. The summed E-state index contributed by atoms with van der Waals surface area (Å²) in [6, 6.07) is 16.5. The Kier molecular flexibility index (Phi) is 5.03. The molecule has 0 bridgehead atoms. The van der Waals surface area contributed by atoms with E-state index in [1.54, 1.807) is 11.3 Å². The third-order valence-corrected chi connectivity index (χ3v) is 5.58. The molecule has 0 spiro atoms. The number of aromatic nitrogens is 1. The minimum atomic E-state index is -0.660. The fourth-order valence-corrected chi connectivity index (χ4v) is 4.07. The summed E-state index contributed by atoms with van der Waals surface area (Å²) in [6.45, 7) is 0.449. The van der Waals surface area contributed by atoms with Crippen LogP contribution in [0.2, 0.25) is 0 Å². The van der Waals surface area contributed by atoms with Gasteiger partial charge in [-0.25, -0.2) is 4.98 Å². The fourth-order valence-electron chi connectivity index (χ4n) is 3.10. The number of para-hydroxylation sites is 2. The zero-order valence-electron chi connectivity index (χ0n) is 15.0. The first-order valence-electron chi connectivity index (χ1n) is 8.95. The highest BCUT2D eigenvalue weighted by molar-refractivity contribution is 7.18. The molecule has 1 aliphatic heterocycles. The summed E-state index contributed by atoms with van der Waals surface area (Å²) in [6.07, 6.45) is 0.831. The second-order valence-corrected chi connectivity index (χ2v) is 7.55. The highest BCUT2D eigenvalue weighted by atomic mass is 32.1. The summed E-state index contributed by atoms with van der Waals surface area (Å²) in [5.41, 5.74) is 7.51. The molecular formula is C20H19N5O2S. The number of anilines is 1. The van der Waals surface area contributed by atoms with Crippen LogP contribution in [0.3, 0.4) is 0 Å². The summed E-state index contributed by atoms with van der Waals surface area (Å²) in [5.74, 6) is -0.796. The maximum absolute atomic E-state index is 12.5. The van der Waals surface area contributed by atoms with Crippen LogP contribution in [0.15, 0.2) is 59.7 Å². The number of benzene rings is 2. The van der Waals surface area contributed by atoms with Gasteiger partial charge in [0, 0.05) is 19.4 Å². The Bertz CT molecular complexity index is 1010. The molecule has 0 radical (unpaired) electrons. The van der Waals surface area contributed by atoms with E-state index in [2.05, 4.69) is 15.4 Å². The summed E-state index contributed by atoms with van der Waals surface area (Å²) >= 11 is 1.62. The van der Waals surface area contributed by atoms with Crippen LogP contribution in [-0.4, -0.2) is 35.1 Å². The Morgan fingerprint density at radius 3 is 2.64 bits per heavy atom. The average molecular weight is 393 g/mol. The van der Waals surface area contributed by atoms with E-state index in [-0.39, 0.29) is 12.3 Å². The number of hydrazone groups is 1. The summed E-state index contributed by atoms with van der Waals surface area (Å²) in [5, 5.41) is 9.70. The third-order valence-electron chi connectivity index (χ3n) is 4.48. The smallest absolute Gasteiger partial charge is 0.267 e. The van der Waals surface area contributed by atoms with Gasteiger partial charge in [-0.1, -0.05) is 30.3 Å². The SMILES string of the molecule is NC(=O)C1CC(C(=O)NCCc2nc3ccccc3s2)=NN1c1ccccc1. The van der Waals surface area contributed by atoms with Crippen molar-refractivity contribution in [1.82, 2.24) is 10.3 Å². The number of amides is 2. The molecule has 2 aromatic carbocycles. The number of nitrogens with zero attached hydrogens (tertiary/aromatic N) is 3. The topological polar surface area (TPSA) is 101 Å². The van der Waals surface area contributed by atoms with E-state index < -0.39 is 11.9 Å². The van der Waals surface area contributed by atoms with Gasteiger partial charge in [0.2, 0.25) is 5.91 Å². The standard InChI is InChI=1S/C20H19N5O2S/c21-19(26)16-12-15(24-25(16)13-6-2-1-3-7-13)20(27)22-11-10-18-23-14-8-4-5-9-17(14)28-18/h1-9,16H,10-12H2,(H2,21,26)(H,22,27). The van der Waals surface area contributed by atoms with E-state index in [9.17, 15) is 9.59 Å². The number of fused-ring (bicyclic) bond motifs is 1. The lowest BCUT2D eigenvalue weighted by Gasteiger charge is -2.20. The quantitative estimate of drug-likeness (QED) is 0.669. The van der Waals surface area contributed by atoms with Crippen molar-refractivity contribution in [1.29, 1.82) is 0 Å². The molecule has 1 unspecified atom stereocenters. The lowest BCUT2D eigenvalue weighted by Crippen LogP contribution is -2.40. The predicted molar refractivity (Wildman–Crippen MR) is 110 cm³/mol. The Balaban J connectivity index is 1.40. The molecule has 2 amide bonds. The van der Waals surface area contributed by atoms with Gasteiger partial charge in [-0.15, -0.1) is 11.3 Å². The molecule has 8 heteroatoms. The van der Waals surface area contributed by atoms with Gasteiger partial charge in [0.05, 0.1) is 20.9 Å². The van der Waals surface area contributed by atoms with Crippen LogP contribution in [0.4, 0.5) is 5.69 Å². The van der Waals surface area contributed by atoms with Crippen LogP contribution < -0.4 is 16.1 Å². The normalized spacial score (nSPS) is 16.2. The van der Waals surface area contributed by atoms with Crippen LogP contribution in [0.5, 0.6) is 0 Å². The van der Waals surface area contributed by atoms with E-state index in [4.69, 9.17) is 5.73 Å². The number of nitrogens with two attached hydrogens (primary N) is 1. The largest absolute Gasteiger partial charge is 0.368 e. The van der Waals surface area contributed by atoms with E-state index in [1.165, 1.54) is 5.01 Å². The van der Waals surface area contributed by atoms with Crippen LogP contribution in [0, 0.1) is 0 Å². The number of thiazole rings is 1. The van der Waals surface area contributed by atoms with Crippen molar-refractivity contribution in [3.8, 4) is 0 Å². The molecule has 142 valence electrons. The van der Waals surface area contributed by atoms with Crippen molar-refractivity contribution in [3.63, 3.8) is 0 Å². The zero-order valence-corrected chi connectivity index (χ0v) is 15.9. The molecule has 2 heterocycles. The number of primary amides is 1. The monoisotopic (exact) mass is 393 g/mol. The maximum atomic E-state index is 12.5. The summed E-state index contributed by atoms with van der Waals surface area (Å²) in [7, 11) is 0. The van der Waals surface area contributed by atoms with Crippen LogP contribution in [-0.2, 0) is 16.0 Å². The molecule has 0 fully saturated rings. The average Bonchev–Trinajstić information content (AvgIpc) is 3.33. The van der Waals surface area contributed by atoms with E-state index in [0.29, 0.717) is 18.7 Å². The van der Waals surface area contributed by atoms with Gasteiger partial charge in [0.25, 0.3) is 5.91 Å². The van der Waals surface area contributed by atoms with Crippen molar-refractivity contribution in [2.45, 2.75) is 18.9 Å². The second kappa shape index (κ2) is 7.77. The number of carbonyl (C=O) groups excluding carboxylic acids is 2. The molecule has 1 aliphatic rings. The van der Waals surface area contributed by atoms with Gasteiger partial charge in [0.1, 0.15) is 11.8 Å². The predicted octanol–water partition coefficient (Wildman–Crippen LogP) is 2.08. The van der Waals surface area contributed by atoms with Gasteiger partial charge in [-0.3, -0.25) is 14.6 Å². The molecule has 1 aromatic heterocycles. The molecule has 0 saturated carbocycles. The Morgan fingerprint density at radius 2 is 1.89 bits per heavy atom. The fraction of sp³-hybridized carbons (Fsp3) is 0.200. The van der Waals surface area contributed by atoms with E-state index >= 15 is 0 Å². The molecule has 28 heavy (non-hydrogen) atoms. The lowest BCUT2D eigenvalue weighted by molar-refractivity contribution is -0.119. The number of hydrogen-bond acceptors (Lipinski definition) is 6. The first-order chi connectivity index (χ1) is 13.6. The van der Waals surface area contributed by atoms with Crippen molar-refractivity contribution in [2.75, 3.05) is 11.6 Å². The van der Waals surface area contributed by atoms with Gasteiger partial charge in [-0.2, -0.15) is 5.10 Å². The first kappa shape index (κ1) is 18.1. The van der Waals surface area contributed by atoms with Crippen molar-refractivity contribution < 1.29 is 9.59 Å². The molecule has 4 rings (SSSR count). The first-order valence-corrected chi connectivity index (χ1v) is 9.77. The Morgan fingerprint density at radius 1 is 1.14 bits per heavy atom. The molecule has 1 atom stereocenters. The summed E-state index contributed by atoms with van der Waals surface area (Å²) < 4.78 is 1.13. The third kappa shape index (κ3) is 3.72. The van der Waals surface area contributed by atoms with Crippen LogP contribution in [0.25, 0.3) is 10.2 Å². The van der Waals surface area contributed by atoms with E-state index in [0.717, 1.165) is 20.9 Å². The Labute approximate surface area is 165 Å². The lowest BCUT2D eigenvalue weighted by atomic mass is 10.1. The van der Waals surface area contributed by atoms with Gasteiger partial charge < -0.3 is 11.1 Å². The number of carbonyl (C=O) groups is 2. The molecule has 3 aromatic rings. The van der Waals surface area contributed by atoms with Crippen molar-refractivity contribution in [3.05, 3.63) is 59.6 Å². The van der Waals surface area contributed by atoms with Gasteiger partial charge in [0.15, 0.2) is 0 Å². The molecule has 0 saturated heterocycles.